The average molecular weight is 579 g/mol. The molecule has 0 spiro atoms. The van der Waals surface area contributed by atoms with Crippen LogP contribution >= 0.6 is 0 Å². The number of anilines is 1. The minimum Gasteiger partial charge on any atom is -0.489 e. The van der Waals surface area contributed by atoms with E-state index in [0.717, 1.165) is 5.56 Å². The topological polar surface area (TPSA) is 92.8 Å². The van der Waals surface area contributed by atoms with E-state index in [2.05, 4.69) is 27.5 Å². The molecule has 3 aromatic carbocycles. The SMILES string of the molecule is CN1C(=O)[C@@H](NC(=O)c2cc(Oc3ccccc3)ccn2)COc2ccc(C#CC(C)(C)NCc3ccc(F)cc3)cc21. The lowest BCUT2D eigenvalue weighted by atomic mass is 10.0. The number of hydrogen-bond donors (Lipinski definition) is 2. The normalized spacial score (nSPS) is 14.5. The number of aromatic nitrogens is 1. The molecule has 0 fully saturated rings. The summed E-state index contributed by atoms with van der Waals surface area (Å²) in [7, 11) is 1.63. The molecule has 1 atom stereocenters. The number of rotatable bonds is 7. The molecule has 0 bridgehead atoms. The summed E-state index contributed by atoms with van der Waals surface area (Å²) < 4.78 is 24.9. The summed E-state index contributed by atoms with van der Waals surface area (Å²) in [5.41, 5.74) is 1.76. The number of nitrogens with zero attached hydrogens (tertiary/aromatic N) is 2. The number of halogens is 1. The van der Waals surface area contributed by atoms with E-state index in [-0.39, 0.29) is 24.0 Å². The molecule has 2 N–H and O–H groups in total. The Labute approximate surface area is 249 Å². The van der Waals surface area contributed by atoms with Gasteiger partial charge in [0, 0.05) is 31.4 Å². The zero-order valence-corrected chi connectivity index (χ0v) is 24.1. The second-order valence-corrected chi connectivity index (χ2v) is 10.6. The van der Waals surface area contributed by atoms with Crippen LogP contribution in [0.15, 0.2) is 91.1 Å². The molecule has 1 aliphatic heterocycles. The van der Waals surface area contributed by atoms with Crippen molar-refractivity contribution in [3.63, 3.8) is 0 Å². The van der Waals surface area contributed by atoms with Gasteiger partial charge in [-0.05, 0) is 67.9 Å². The van der Waals surface area contributed by atoms with Gasteiger partial charge in [0.1, 0.15) is 41.4 Å². The van der Waals surface area contributed by atoms with Gasteiger partial charge in [-0.25, -0.2) is 4.39 Å². The molecular formula is C34H31FN4O4. The fourth-order valence-electron chi connectivity index (χ4n) is 4.33. The molecule has 43 heavy (non-hydrogen) atoms. The van der Waals surface area contributed by atoms with Crippen molar-refractivity contribution in [3.05, 3.63) is 114 Å². The lowest BCUT2D eigenvalue weighted by molar-refractivity contribution is -0.120. The van der Waals surface area contributed by atoms with Crippen LogP contribution < -0.4 is 25.0 Å². The maximum absolute atomic E-state index is 13.4. The van der Waals surface area contributed by atoms with Crippen LogP contribution in [0.3, 0.4) is 0 Å². The Morgan fingerprint density at radius 3 is 2.60 bits per heavy atom. The summed E-state index contributed by atoms with van der Waals surface area (Å²) in [5, 5.41) is 6.11. The zero-order chi connectivity index (χ0) is 30.4. The number of carbonyl (C=O) groups excluding carboxylic acids is 2. The number of amides is 2. The predicted molar refractivity (Wildman–Crippen MR) is 162 cm³/mol. The molecule has 0 radical (unpaired) electrons. The first-order valence-corrected chi connectivity index (χ1v) is 13.7. The number of nitrogens with one attached hydrogen (secondary N) is 2. The third-order valence-electron chi connectivity index (χ3n) is 6.77. The highest BCUT2D eigenvalue weighted by Crippen LogP contribution is 2.31. The van der Waals surface area contributed by atoms with Crippen LogP contribution in [-0.4, -0.2) is 42.0 Å². The number of ether oxygens (including phenoxy) is 2. The van der Waals surface area contributed by atoms with Crippen LogP contribution in [-0.2, 0) is 11.3 Å². The molecular weight excluding hydrogens is 547 g/mol. The van der Waals surface area contributed by atoms with E-state index in [9.17, 15) is 14.0 Å². The van der Waals surface area contributed by atoms with Crippen LogP contribution in [0.2, 0.25) is 0 Å². The van der Waals surface area contributed by atoms with Crippen LogP contribution in [0.1, 0.15) is 35.5 Å². The number of para-hydroxylation sites is 1. The molecule has 9 heteroatoms. The molecule has 0 saturated carbocycles. The van der Waals surface area contributed by atoms with E-state index in [1.165, 1.54) is 29.3 Å². The number of benzene rings is 3. The highest BCUT2D eigenvalue weighted by molar-refractivity contribution is 6.03. The standard InChI is InChI=1S/C34H31FN4O4/c1-34(2,37-21-24-9-12-25(35)13-10-24)17-15-23-11-14-31-30(19-23)39(3)33(41)29(22-42-31)38-32(40)28-20-27(16-18-36-28)43-26-7-5-4-6-8-26/h4-14,16,18-20,29,37H,21-22H2,1-3H3,(H,38,40)/t29-/m0/s1. The summed E-state index contributed by atoms with van der Waals surface area (Å²) in [6.07, 6.45) is 1.47. The molecule has 0 aliphatic carbocycles. The van der Waals surface area contributed by atoms with Crippen molar-refractivity contribution in [2.45, 2.75) is 32.0 Å². The van der Waals surface area contributed by atoms with Gasteiger partial charge in [0.05, 0.1) is 11.2 Å². The first-order chi connectivity index (χ1) is 20.7. The highest BCUT2D eigenvalue weighted by atomic mass is 19.1. The van der Waals surface area contributed by atoms with E-state index in [1.54, 1.807) is 49.5 Å². The third kappa shape index (κ3) is 7.56. The molecule has 4 aromatic rings. The molecule has 0 saturated heterocycles. The Bertz CT molecular complexity index is 1680. The minimum atomic E-state index is -0.936. The smallest absolute Gasteiger partial charge is 0.270 e. The molecule has 218 valence electrons. The fourth-order valence-corrected chi connectivity index (χ4v) is 4.33. The van der Waals surface area contributed by atoms with E-state index in [0.29, 0.717) is 35.0 Å². The Hall–Kier alpha value is -5.20. The molecule has 8 nitrogen and oxygen atoms in total. The van der Waals surface area contributed by atoms with Gasteiger partial charge < -0.3 is 19.7 Å². The van der Waals surface area contributed by atoms with Crippen LogP contribution in [0, 0.1) is 17.7 Å². The van der Waals surface area contributed by atoms with E-state index in [4.69, 9.17) is 9.47 Å². The molecule has 5 rings (SSSR count). The van der Waals surface area contributed by atoms with Gasteiger partial charge in [0.15, 0.2) is 0 Å². The van der Waals surface area contributed by atoms with Crippen molar-refractivity contribution in [2.24, 2.45) is 0 Å². The van der Waals surface area contributed by atoms with Gasteiger partial charge in [-0.2, -0.15) is 0 Å². The average Bonchev–Trinajstić information content (AvgIpc) is 3.12. The second kappa shape index (κ2) is 12.8. The summed E-state index contributed by atoms with van der Waals surface area (Å²) in [6, 6.07) is 23.1. The minimum absolute atomic E-state index is 0.0481. The van der Waals surface area contributed by atoms with Crippen molar-refractivity contribution in [2.75, 3.05) is 18.6 Å². The van der Waals surface area contributed by atoms with Gasteiger partial charge in [-0.3, -0.25) is 19.9 Å². The van der Waals surface area contributed by atoms with E-state index < -0.39 is 17.5 Å². The van der Waals surface area contributed by atoms with E-state index in [1.807, 2.05) is 38.1 Å². The van der Waals surface area contributed by atoms with Gasteiger partial charge in [-0.15, -0.1) is 0 Å². The van der Waals surface area contributed by atoms with Crippen molar-refractivity contribution >= 4 is 17.5 Å². The van der Waals surface area contributed by atoms with Gasteiger partial charge in [0.2, 0.25) is 0 Å². The lowest BCUT2D eigenvalue weighted by Crippen LogP contribution is -2.49. The largest absolute Gasteiger partial charge is 0.489 e. The molecule has 1 aromatic heterocycles. The Morgan fingerprint density at radius 1 is 1.07 bits per heavy atom. The number of fused-ring (bicyclic) bond motifs is 1. The van der Waals surface area contributed by atoms with Crippen molar-refractivity contribution < 1.29 is 23.5 Å². The Morgan fingerprint density at radius 2 is 1.84 bits per heavy atom. The molecule has 1 aliphatic rings. The Balaban J connectivity index is 1.24. The number of carbonyl (C=O) groups is 2. The number of likely N-dealkylation sites (N-methyl/N-ethyl adjacent to an activating group) is 1. The number of pyridine rings is 1. The zero-order valence-electron chi connectivity index (χ0n) is 24.1. The summed E-state index contributed by atoms with van der Waals surface area (Å²) in [4.78, 5) is 32.0. The fraction of sp³-hybridized carbons (Fsp3) is 0.206. The monoisotopic (exact) mass is 578 g/mol. The van der Waals surface area contributed by atoms with Crippen LogP contribution in [0.25, 0.3) is 0 Å². The number of hydrogen-bond acceptors (Lipinski definition) is 6. The maximum Gasteiger partial charge on any atom is 0.270 e. The van der Waals surface area contributed by atoms with Crippen molar-refractivity contribution in [1.82, 2.24) is 15.6 Å². The molecule has 2 amide bonds. The summed E-state index contributed by atoms with van der Waals surface area (Å²) >= 11 is 0. The predicted octanol–water partition coefficient (Wildman–Crippen LogP) is 5.09. The summed E-state index contributed by atoms with van der Waals surface area (Å²) in [5.74, 6) is 6.83. The lowest BCUT2D eigenvalue weighted by Gasteiger charge is -2.21. The maximum atomic E-state index is 13.4. The highest BCUT2D eigenvalue weighted by Gasteiger charge is 2.31. The van der Waals surface area contributed by atoms with Crippen molar-refractivity contribution in [3.8, 4) is 29.1 Å². The summed E-state index contributed by atoms with van der Waals surface area (Å²) in [6.45, 7) is 4.40. The first-order valence-electron chi connectivity index (χ1n) is 13.7. The van der Waals surface area contributed by atoms with Crippen LogP contribution in [0.4, 0.5) is 10.1 Å². The first kappa shape index (κ1) is 29.3. The van der Waals surface area contributed by atoms with Gasteiger partial charge in [-0.1, -0.05) is 42.2 Å². The van der Waals surface area contributed by atoms with E-state index >= 15 is 0 Å². The van der Waals surface area contributed by atoms with Gasteiger partial charge >= 0.3 is 0 Å². The third-order valence-corrected chi connectivity index (χ3v) is 6.77. The Kier molecular flexibility index (Phi) is 8.69. The molecule has 0 unspecified atom stereocenters. The second-order valence-electron chi connectivity index (χ2n) is 10.6. The quantitative estimate of drug-likeness (QED) is 0.297. The molecule has 2 heterocycles. The van der Waals surface area contributed by atoms with Crippen molar-refractivity contribution in [1.29, 1.82) is 0 Å². The van der Waals surface area contributed by atoms with Gasteiger partial charge in [0.25, 0.3) is 11.8 Å². The van der Waals surface area contributed by atoms with Crippen LogP contribution in [0.5, 0.6) is 17.2 Å².